The van der Waals surface area contributed by atoms with E-state index in [4.69, 9.17) is 9.73 Å². The van der Waals surface area contributed by atoms with Gasteiger partial charge in [-0.25, -0.2) is 4.98 Å². The molecule has 2 unspecified atom stereocenters. The van der Waals surface area contributed by atoms with E-state index in [9.17, 15) is 4.79 Å². The summed E-state index contributed by atoms with van der Waals surface area (Å²) in [4.78, 5) is 23.6. The second-order valence-electron chi connectivity index (χ2n) is 7.51. The van der Waals surface area contributed by atoms with Crippen molar-refractivity contribution in [3.8, 4) is 5.75 Å². The van der Waals surface area contributed by atoms with Crippen LogP contribution >= 0.6 is 0 Å². The van der Waals surface area contributed by atoms with Crippen LogP contribution in [0.3, 0.4) is 0 Å². The number of rotatable bonds is 7. The van der Waals surface area contributed by atoms with Crippen molar-refractivity contribution in [1.29, 1.82) is 0 Å². The van der Waals surface area contributed by atoms with Gasteiger partial charge >= 0.3 is 0 Å². The molecule has 8 heteroatoms. The summed E-state index contributed by atoms with van der Waals surface area (Å²) in [5.41, 5.74) is 0.582. The summed E-state index contributed by atoms with van der Waals surface area (Å²) in [6.45, 7) is 8.00. The van der Waals surface area contributed by atoms with Gasteiger partial charge in [0.2, 0.25) is 0 Å². The maximum atomic E-state index is 12.3. The lowest BCUT2D eigenvalue weighted by molar-refractivity contribution is 0.0954. The fourth-order valence-electron chi connectivity index (χ4n) is 3.72. The summed E-state index contributed by atoms with van der Waals surface area (Å²) in [5.74, 6) is 2.02. The first-order valence-corrected chi connectivity index (χ1v) is 10.5. The number of guanidine groups is 1. The lowest BCUT2D eigenvalue weighted by atomic mass is 9.93. The van der Waals surface area contributed by atoms with Gasteiger partial charge in [-0.15, -0.1) is 0 Å². The van der Waals surface area contributed by atoms with Crippen LogP contribution in [0.1, 0.15) is 36.7 Å². The smallest absolute Gasteiger partial charge is 0.251 e. The molecule has 2 heterocycles. The predicted octanol–water partition coefficient (Wildman–Crippen LogP) is 2.17. The largest absolute Gasteiger partial charge is 0.497 e. The maximum Gasteiger partial charge on any atom is 0.251 e. The molecule has 1 aliphatic rings. The highest BCUT2D eigenvalue weighted by molar-refractivity contribution is 5.94. The lowest BCUT2D eigenvalue weighted by Gasteiger charge is -2.39. The number of likely N-dealkylation sites (tertiary alicyclic amines) is 1. The molecule has 8 nitrogen and oxygen atoms in total. The van der Waals surface area contributed by atoms with E-state index in [1.807, 2.05) is 30.9 Å². The third-order valence-corrected chi connectivity index (χ3v) is 5.45. The third kappa shape index (κ3) is 5.52. The molecule has 0 radical (unpaired) electrons. The van der Waals surface area contributed by atoms with Crippen LogP contribution in [0.25, 0.3) is 0 Å². The maximum absolute atomic E-state index is 12.3. The molecule has 1 aliphatic heterocycles. The number of ether oxygens (including phenoxy) is 1. The van der Waals surface area contributed by atoms with Crippen LogP contribution in [-0.4, -0.2) is 66.2 Å². The van der Waals surface area contributed by atoms with Gasteiger partial charge in [-0.05, 0) is 37.5 Å². The monoisotopic (exact) mass is 412 g/mol. The number of carbonyl (C=O) groups excluding carboxylic acids is 1. The standard InChI is InChI=1S/C22H32N6O2/c1-4-24-22(27-12-8-17(2)20(15-27)28-13-11-23-16-28)26-10-9-25-21(29)18-6-5-7-19(14-18)30-3/h5-7,11,13-14,16-17,20H,4,8-10,12,15H2,1-3H3,(H,24,26)(H,25,29). The summed E-state index contributed by atoms with van der Waals surface area (Å²) in [6.07, 6.45) is 6.85. The van der Waals surface area contributed by atoms with Crippen LogP contribution in [0.5, 0.6) is 5.75 Å². The Balaban J connectivity index is 1.57. The molecule has 1 aromatic carbocycles. The van der Waals surface area contributed by atoms with Crippen LogP contribution in [-0.2, 0) is 0 Å². The van der Waals surface area contributed by atoms with Crippen LogP contribution in [0.15, 0.2) is 48.0 Å². The van der Waals surface area contributed by atoms with E-state index in [1.165, 1.54) is 0 Å². The molecule has 162 valence electrons. The molecule has 1 aromatic heterocycles. The van der Waals surface area contributed by atoms with E-state index in [-0.39, 0.29) is 5.91 Å². The van der Waals surface area contributed by atoms with Crippen molar-refractivity contribution >= 4 is 11.9 Å². The van der Waals surface area contributed by atoms with Gasteiger partial charge in [0, 0.05) is 44.1 Å². The second-order valence-corrected chi connectivity index (χ2v) is 7.51. The number of hydrogen-bond donors (Lipinski definition) is 2. The first kappa shape index (κ1) is 21.7. The van der Waals surface area contributed by atoms with Gasteiger partial charge in [0.25, 0.3) is 5.91 Å². The lowest BCUT2D eigenvalue weighted by Crippen LogP contribution is -2.49. The van der Waals surface area contributed by atoms with Gasteiger partial charge in [-0.1, -0.05) is 13.0 Å². The van der Waals surface area contributed by atoms with Gasteiger partial charge in [0.05, 0.1) is 26.0 Å². The average Bonchev–Trinajstić information content (AvgIpc) is 3.31. The Kier molecular flexibility index (Phi) is 7.70. The number of benzene rings is 1. The highest BCUT2D eigenvalue weighted by Gasteiger charge is 2.28. The molecule has 0 aliphatic carbocycles. The molecule has 0 bridgehead atoms. The predicted molar refractivity (Wildman–Crippen MR) is 118 cm³/mol. The number of methoxy groups -OCH3 is 1. The first-order valence-electron chi connectivity index (χ1n) is 10.5. The minimum atomic E-state index is -0.124. The van der Waals surface area contributed by atoms with Crippen molar-refractivity contribution in [3.63, 3.8) is 0 Å². The van der Waals surface area contributed by atoms with Gasteiger partial charge in [0.1, 0.15) is 5.75 Å². The van der Waals surface area contributed by atoms with E-state index in [1.54, 1.807) is 19.2 Å². The quantitative estimate of drug-likeness (QED) is 0.414. The molecule has 2 aromatic rings. The molecule has 2 atom stereocenters. The zero-order chi connectivity index (χ0) is 21.3. The molecular formula is C22H32N6O2. The van der Waals surface area contributed by atoms with Crippen molar-refractivity contribution < 1.29 is 9.53 Å². The van der Waals surface area contributed by atoms with Gasteiger partial charge < -0.3 is 24.8 Å². The Morgan fingerprint density at radius 3 is 2.97 bits per heavy atom. The van der Waals surface area contributed by atoms with E-state index < -0.39 is 0 Å². The summed E-state index contributed by atoms with van der Waals surface area (Å²) in [7, 11) is 1.59. The summed E-state index contributed by atoms with van der Waals surface area (Å²) in [5, 5.41) is 6.32. The van der Waals surface area contributed by atoms with Crippen molar-refractivity contribution in [2.24, 2.45) is 10.9 Å². The number of hydrogen-bond acceptors (Lipinski definition) is 4. The number of aromatic nitrogens is 2. The Morgan fingerprint density at radius 2 is 2.23 bits per heavy atom. The highest BCUT2D eigenvalue weighted by atomic mass is 16.5. The Morgan fingerprint density at radius 1 is 1.37 bits per heavy atom. The molecule has 2 N–H and O–H groups in total. The van der Waals surface area contributed by atoms with Crippen LogP contribution in [0, 0.1) is 5.92 Å². The van der Waals surface area contributed by atoms with Crippen molar-refractivity contribution in [3.05, 3.63) is 48.5 Å². The van der Waals surface area contributed by atoms with E-state index in [2.05, 4.69) is 38.9 Å². The zero-order valence-electron chi connectivity index (χ0n) is 18.0. The Bertz CT molecular complexity index is 836. The summed E-state index contributed by atoms with van der Waals surface area (Å²) < 4.78 is 7.37. The third-order valence-electron chi connectivity index (χ3n) is 5.45. The molecule has 3 rings (SSSR count). The molecule has 1 amide bonds. The second kappa shape index (κ2) is 10.7. The average molecular weight is 413 g/mol. The fraction of sp³-hybridized carbons (Fsp3) is 0.500. The van der Waals surface area contributed by atoms with Crippen LogP contribution < -0.4 is 15.4 Å². The SMILES string of the molecule is CCNC(=NCCNC(=O)c1cccc(OC)c1)N1CCC(C)C(n2ccnc2)C1. The van der Waals surface area contributed by atoms with Gasteiger partial charge in [0.15, 0.2) is 5.96 Å². The molecule has 1 saturated heterocycles. The zero-order valence-corrected chi connectivity index (χ0v) is 18.0. The number of imidazole rings is 1. The van der Waals surface area contributed by atoms with Crippen LogP contribution in [0.4, 0.5) is 0 Å². The number of aliphatic imine (C=N–C) groups is 1. The van der Waals surface area contributed by atoms with Gasteiger partial charge in [-0.2, -0.15) is 0 Å². The number of carbonyl (C=O) groups is 1. The minimum absolute atomic E-state index is 0.124. The highest BCUT2D eigenvalue weighted by Crippen LogP contribution is 2.27. The molecule has 1 fully saturated rings. The van der Waals surface area contributed by atoms with Crippen molar-refractivity contribution in [2.75, 3.05) is 39.8 Å². The van der Waals surface area contributed by atoms with E-state index in [0.29, 0.717) is 36.4 Å². The van der Waals surface area contributed by atoms with Gasteiger partial charge in [-0.3, -0.25) is 9.79 Å². The van der Waals surface area contributed by atoms with E-state index >= 15 is 0 Å². The number of nitrogens with one attached hydrogen (secondary N) is 2. The number of piperidine rings is 1. The Hall–Kier alpha value is -3.03. The Labute approximate surface area is 178 Å². The topological polar surface area (TPSA) is 83.8 Å². The van der Waals surface area contributed by atoms with Crippen molar-refractivity contribution in [2.45, 2.75) is 26.3 Å². The van der Waals surface area contributed by atoms with Crippen LogP contribution in [0.2, 0.25) is 0 Å². The van der Waals surface area contributed by atoms with E-state index in [0.717, 1.165) is 32.0 Å². The summed E-state index contributed by atoms with van der Waals surface area (Å²) >= 11 is 0. The molecular weight excluding hydrogens is 380 g/mol. The first-order chi connectivity index (χ1) is 14.6. The molecule has 30 heavy (non-hydrogen) atoms. The molecule has 0 saturated carbocycles. The normalized spacial score (nSPS) is 19.4. The molecule has 0 spiro atoms. The number of amides is 1. The summed E-state index contributed by atoms with van der Waals surface area (Å²) in [6, 6.07) is 7.51. The number of nitrogens with zero attached hydrogens (tertiary/aromatic N) is 4. The van der Waals surface area contributed by atoms with Crippen molar-refractivity contribution in [1.82, 2.24) is 25.1 Å². The fourth-order valence-corrected chi connectivity index (χ4v) is 3.72. The minimum Gasteiger partial charge on any atom is -0.497 e.